The van der Waals surface area contributed by atoms with E-state index >= 15 is 0 Å². The first-order valence-electron chi connectivity index (χ1n) is 9.95. The number of imide groups is 1. The highest BCUT2D eigenvalue weighted by atomic mass is 32.2. The van der Waals surface area contributed by atoms with Gasteiger partial charge in [-0.25, -0.2) is 4.79 Å². The lowest BCUT2D eigenvalue weighted by Crippen LogP contribution is -2.36. The van der Waals surface area contributed by atoms with Crippen LogP contribution in [0.4, 0.5) is 10.5 Å². The molecular formula is C24H19N3O5S. The molecule has 0 bridgehead atoms. The SMILES string of the molecule is Cc1cccc(NC(=O)CN2C(=O)S/C(=C\c3cccn3-c3ccc(C(=O)O)cc3)C2=O)c1. The molecule has 0 atom stereocenters. The van der Waals surface area contributed by atoms with Crippen molar-refractivity contribution in [1.82, 2.24) is 9.47 Å². The molecule has 2 aromatic carbocycles. The average Bonchev–Trinajstić information content (AvgIpc) is 3.34. The molecule has 0 unspecified atom stereocenters. The van der Waals surface area contributed by atoms with Crippen LogP contribution in [0.15, 0.2) is 71.8 Å². The number of amides is 3. The van der Waals surface area contributed by atoms with Gasteiger partial charge >= 0.3 is 5.97 Å². The Morgan fingerprint density at radius 3 is 2.52 bits per heavy atom. The molecule has 2 N–H and O–H groups in total. The number of aryl methyl sites for hydroxylation is 1. The van der Waals surface area contributed by atoms with Crippen molar-refractivity contribution in [2.24, 2.45) is 0 Å². The van der Waals surface area contributed by atoms with Crippen LogP contribution in [-0.4, -0.2) is 44.1 Å². The van der Waals surface area contributed by atoms with E-state index in [2.05, 4.69) is 5.32 Å². The van der Waals surface area contributed by atoms with Crippen molar-refractivity contribution in [2.45, 2.75) is 6.92 Å². The molecule has 2 heterocycles. The number of nitrogens with one attached hydrogen (secondary N) is 1. The zero-order valence-corrected chi connectivity index (χ0v) is 18.3. The minimum atomic E-state index is -1.02. The molecular weight excluding hydrogens is 442 g/mol. The first kappa shape index (κ1) is 22.1. The summed E-state index contributed by atoms with van der Waals surface area (Å²) >= 11 is 0.769. The Labute approximate surface area is 193 Å². The largest absolute Gasteiger partial charge is 0.478 e. The standard InChI is InChI=1S/C24H19N3O5S/c1-15-4-2-5-17(12-15)25-21(28)14-27-22(29)20(33-24(27)32)13-19-6-3-11-26(19)18-9-7-16(8-10-18)23(30)31/h2-13H,14H2,1H3,(H,25,28)(H,30,31)/b20-13-. The summed E-state index contributed by atoms with van der Waals surface area (Å²) in [5.74, 6) is -2.03. The fraction of sp³-hybridized carbons (Fsp3) is 0.0833. The lowest BCUT2D eigenvalue weighted by atomic mass is 10.2. The van der Waals surface area contributed by atoms with Crippen molar-refractivity contribution in [2.75, 3.05) is 11.9 Å². The van der Waals surface area contributed by atoms with Crippen molar-refractivity contribution in [3.8, 4) is 5.69 Å². The Kier molecular flexibility index (Phi) is 6.14. The molecule has 166 valence electrons. The van der Waals surface area contributed by atoms with E-state index in [1.807, 2.05) is 13.0 Å². The molecule has 1 saturated heterocycles. The lowest BCUT2D eigenvalue weighted by Gasteiger charge is -2.12. The molecule has 1 aliphatic heterocycles. The smallest absolute Gasteiger partial charge is 0.335 e. The molecule has 1 fully saturated rings. The van der Waals surface area contributed by atoms with Gasteiger partial charge in [-0.05, 0) is 78.9 Å². The van der Waals surface area contributed by atoms with Gasteiger partial charge in [0.15, 0.2) is 0 Å². The number of carboxylic acid groups (broad SMARTS) is 1. The van der Waals surface area contributed by atoms with Gasteiger partial charge in [0.05, 0.1) is 10.5 Å². The molecule has 3 amide bonds. The van der Waals surface area contributed by atoms with Crippen LogP contribution in [0, 0.1) is 6.92 Å². The molecule has 3 aromatic rings. The van der Waals surface area contributed by atoms with Crippen molar-refractivity contribution in [1.29, 1.82) is 0 Å². The predicted molar refractivity (Wildman–Crippen MR) is 125 cm³/mol. The van der Waals surface area contributed by atoms with E-state index in [1.165, 1.54) is 12.1 Å². The van der Waals surface area contributed by atoms with Crippen LogP contribution in [0.1, 0.15) is 21.6 Å². The summed E-state index contributed by atoms with van der Waals surface area (Å²) in [5, 5.41) is 11.2. The number of nitrogens with zero attached hydrogens (tertiary/aromatic N) is 2. The second-order valence-corrected chi connectivity index (χ2v) is 8.33. The molecule has 0 radical (unpaired) electrons. The van der Waals surface area contributed by atoms with Gasteiger partial charge in [-0.2, -0.15) is 0 Å². The first-order chi connectivity index (χ1) is 15.8. The summed E-state index contributed by atoms with van der Waals surface area (Å²) in [6, 6.07) is 17.1. The normalized spacial score (nSPS) is 14.7. The molecule has 1 aliphatic rings. The number of carbonyl (C=O) groups is 4. The quantitative estimate of drug-likeness (QED) is 0.534. The van der Waals surface area contributed by atoms with E-state index in [0.29, 0.717) is 17.1 Å². The van der Waals surface area contributed by atoms with Crippen molar-refractivity contribution < 1.29 is 24.3 Å². The summed E-state index contributed by atoms with van der Waals surface area (Å²) in [5.41, 5.74) is 3.06. The van der Waals surface area contributed by atoms with E-state index in [4.69, 9.17) is 5.11 Å². The first-order valence-corrected chi connectivity index (χ1v) is 10.8. The fourth-order valence-corrected chi connectivity index (χ4v) is 4.17. The third-order valence-corrected chi connectivity index (χ3v) is 5.84. The van der Waals surface area contributed by atoms with E-state index in [-0.39, 0.29) is 17.0 Å². The zero-order chi connectivity index (χ0) is 23.5. The number of thioether (sulfide) groups is 1. The Balaban J connectivity index is 1.50. The van der Waals surface area contributed by atoms with Gasteiger partial charge in [0.2, 0.25) is 5.91 Å². The Bertz CT molecular complexity index is 1290. The fourth-order valence-electron chi connectivity index (χ4n) is 3.35. The monoisotopic (exact) mass is 461 g/mol. The topological polar surface area (TPSA) is 109 Å². The van der Waals surface area contributed by atoms with Crippen molar-refractivity contribution in [3.63, 3.8) is 0 Å². The highest BCUT2D eigenvalue weighted by molar-refractivity contribution is 8.18. The van der Waals surface area contributed by atoms with E-state index < -0.39 is 23.0 Å². The minimum Gasteiger partial charge on any atom is -0.478 e. The number of rotatable bonds is 6. The van der Waals surface area contributed by atoms with E-state index in [0.717, 1.165) is 22.2 Å². The summed E-state index contributed by atoms with van der Waals surface area (Å²) in [6.45, 7) is 1.51. The molecule has 0 spiro atoms. The third kappa shape index (κ3) is 4.88. The van der Waals surface area contributed by atoms with Gasteiger partial charge in [0.1, 0.15) is 6.54 Å². The molecule has 4 rings (SSSR count). The summed E-state index contributed by atoms with van der Waals surface area (Å²) < 4.78 is 1.77. The Hall–Kier alpha value is -4.11. The molecule has 8 nitrogen and oxygen atoms in total. The highest BCUT2D eigenvalue weighted by Gasteiger charge is 2.36. The molecule has 0 aliphatic carbocycles. The second kappa shape index (κ2) is 9.17. The number of aromatic carboxylic acids is 1. The van der Waals surface area contributed by atoms with Gasteiger partial charge < -0.3 is 15.0 Å². The number of hydrogen-bond acceptors (Lipinski definition) is 5. The number of benzene rings is 2. The zero-order valence-electron chi connectivity index (χ0n) is 17.5. The summed E-state index contributed by atoms with van der Waals surface area (Å²) in [6.07, 6.45) is 3.34. The highest BCUT2D eigenvalue weighted by Crippen LogP contribution is 2.32. The van der Waals surface area contributed by atoms with Gasteiger partial charge in [-0.1, -0.05) is 12.1 Å². The number of anilines is 1. The van der Waals surface area contributed by atoms with Gasteiger partial charge in [-0.3, -0.25) is 19.3 Å². The van der Waals surface area contributed by atoms with E-state index in [9.17, 15) is 19.2 Å². The van der Waals surface area contributed by atoms with Crippen LogP contribution in [0.2, 0.25) is 0 Å². The maximum Gasteiger partial charge on any atom is 0.335 e. The van der Waals surface area contributed by atoms with Gasteiger partial charge in [-0.15, -0.1) is 0 Å². The van der Waals surface area contributed by atoms with Crippen molar-refractivity contribution in [3.05, 3.63) is 88.6 Å². The number of carboxylic acids is 1. The summed E-state index contributed by atoms with van der Waals surface area (Å²) in [4.78, 5) is 49.8. The van der Waals surface area contributed by atoms with E-state index in [1.54, 1.807) is 59.3 Å². The Morgan fingerprint density at radius 1 is 1.06 bits per heavy atom. The molecule has 9 heteroatoms. The van der Waals surface area contributed by atoms with Crippen LogP contribution in [0.3, 0.4) is 0 Å². The summed E-state index contributed by atoms with van der Waals surface area (Å²) in [7, 11) is 0. The average molecular weight is 461 g/mol. The molecule has 1 aromatic heterocycles. The third-order valence-electron chi connectivity index (χ3n) is 4.93. The number of carbonyl (C=O) groups excluding carboxylic acids is 3. The van der Waals surface area contributed by atoms with Crippen LogP contribution < -0.4 is 5.32 Å². The maximum atomic E-state index is 12.8. The second-order valence-electron chi connectivity index (χ2n) is 7.34. The van der Waals surface area contributed by atoms with Crippen LogP contribution in [-0.2, 0) is 9.59 Å². The van der Waals surface area contributed by atoms with Gasteiger partial charge in [0.25, 0.3) is 11.1 Å². The number of hydrogen-bond donors (Lipinski definition) is 2. The predicted octanol–water partition coefficient (Wildman–Crippen LogP) is 4.16. The maximum absolute atomic E-state index is 12.8. The van der Waals surface area contributed by atoms with Crippen LogP contribution in [0.25, 0.3) is 11.8 Å². The van der Waals surface area contributed by atoms with Crippen LogP contribution >= 0.6 is 11.8 Å². The lowest BCUT2D eigenvalue weighted by molar-refractivity contribution is -0.127. The number of aromatic nitrogens is 1. The van der Waals surface area contributed by atoms with Crippen molar-refractivity contribution >= 4 is 46.5 Å². The molecule has 33 heavy (non-hydrogen) atoms. The van der Waals surface area contributed by atoms with Crippen LogP contribution in [0.5, 0.6) is 0 Å². The minimum absolute atomic E-state index is 0.164. The van der Waals surface area contributed by atoms with Gasteiger partial charge in [0, 0.05) is 23.3 Å². The molecule has 0 saturated carbocycles. The Morgan fingerprint density at radius 2 is 1.82 bits per heavy atom.